The Morgan fingerprint density at radius 2 is 2.11 bits per heavy atom. The number of hydrogen-bond acceptors (Lipinski definition) is 7. The summed E-state index contributed by atoms with van der Waals surface area (Å²) in [6, 6.07) is 1.77. The van der Waals surface area contributed by atoms with Crippen molar-refractivity contribution in [3.63, 3.8) is 0 Å². The van der Waals surface area contributed by atoms with E-state index in [9.17, 15) is 4.79 Å². The summed E-state index contributed by atoms with van der Waals surface area (Å²) in [7, 11) is 1.45. The molecule has 2 aromatic heterocycles. The molecule has 28 heavy (non-hydrogen) atoms. The number of H-pyrrole nitrogens is 1. The van der Waals surface area contributed by atoms with Crippen LogP contribution < -0.4 is 10.2 Å². The Labute approximate surface area is 164 Å². The first-order chi connectivity index (χ1) is 13.7. The molecule has 2 aliphatic carbocycles. The highest BCUT2D eigenvalue weighted by Crippen LogP contribution is 2.40. The van der Waals surface area contributed by atoms with Crippen LogP contribution in [0.1, 0.15) is 61.4 Å². The van der Waals surface area contributed by atoms with E-state index in [4.69, 9.17) is 14.7 Å². The highest BCUT2D eigenvalue weighted by Gasteiger charge is 2.33. The molecule has 1 atom stereocenters. The number of rotatable bonds is 5. The summed E-state index contributed by atoms with van der Waals surface area (Å²) in [4.78, 5) is 24.0. The van der Waals surface area contributed by atoms with Crippen molar-refractivity contribution in [1.29, 1.82) is 0 Å². The summed E-state index contributed by atoms with van der Waals surface area (Å²) in [6.45, 7) is 0.770. The Balaban J connectivity index is 1.47. The molecule has 1 aliphatic heterocycles. The molecule has 2 fully saturated rings. The van der Waals surface area contributed by atoms with Crippen molar-refractivity contribution >= 4 is 23.6 Å². The van der Waals surface area contributed by atoms with Crippen LogP contribution in [-0.4, -0.2) is 45.8 Å². The number of piperidine rings is 1. The molecule has 8 heteroatoms. The second kappa shape index (κ2) is 7.07. The van der Waals surface area contributed by atoms with Crippen LogP contribution in [0, 0.1) is 0 Å². The summed E-state index contributed by atoms with van der Waals surface area (Å²) >= 11 is 0. The van der Waals surface area contributed by atoms with E-state index in [0.717, 1.165) is 62.4 Å². The third-order valence-electron chi connectivity index (χ3n) is 6.02. The van der Waals surface area contributed by atoms with Gasteiger partial charge >= 0.3 is 5.97 Å². The minimum Gasteiger partial charge on any atom is -0.467 e. The van der Waals surface area contributed by atoms with Crippen molar-refractivity contribution in [2.45, 2.75) is 63.3 Å². The molecular formula is C20H26N6O2. The zero-order chi connectivity index (χ0) is 19.1. The predicted molar refractivity (Wildman–Crippen MR) is 105 cm³/mol. The van der Waals surface area contributed by atoms with Gasteiger partial charge in [0.05, 0.1) is 12.8 Å². The van der Waals surface area contributed by atoms with Crippen LogP contribution >= 0.6 is 0 Å². The van der Waals surface area contributed by atoms with Crippen LogP contribution in [0.5, 0.6) is 0 Å². The van der Waals surface area contributed by atoms with E-state index in [-0.39, 0.29) is 12.0 Å². The van der Waals surface area contributed by atoms with Crippen molar-refractivity contribution in [1.82, 2.24) is 20.2 Å². The quantitative estimate of drug-likeness (QED) is 0.768. The number of aromatic amines is 1. The van der Waals surface area contributed by atoms with Gasteiger partial charge in [0, 0.05) is 29.8 Å². The number of esters is 1. The molecule has 5 rings (SSSR count). The number of ether oxygens (including phenoxy) is 1. The first-order valence-corrected chi connectivity index (χ1v) is 10.3. The van der Waals surface area contributed by atoms with Crippen molar-refractivity contribution in [2.75, 3.05) is 23.9 Å². The van der Waals surface area contributed by atoms with Gasteiger partial charge in [-0.05, 0) is 51.4 Å². The van der Waals surface area contributed by atoms with Crippen LogP contribution in [0.15, 0.2) is 6.07 Å². The van der Waals surface area contributed by atoms with Crippen molar-refractivity contribution in [3.8, 4) is 0 Å². The highest BCUT2D eigenvalue weighted by atomic mass is 16.5. The van der Waals surface area contributed by atoms with E-state index in [0.29, 0.717) is 11.9 Å². The number of methoxy groups -OCH3 is 1. The second-order valence-electron chi connectivity index (χ2n) is 7.99. The molecule has 8 nitrogen and oxygen atoms in total. The summed E-state index contributed by atoms with van der Waals surface area (Å²) in [5, 5.41) is 11.0. The van der Waals surface area contributed by atoms with E-state index in [1.807, 2.05) is 4.90 Å². The fourth-order valence-electron chi connectivity index (χ4n) is 4.33. The number of aromatic nitrogens is 4. The van der Waals surface area contributed by atoms with Gasteiger partial charge in [-0.3, -0.25) is 5.10 Å². The van der Waals surface area contributed by atoms with E-state index in [2.05, 4.69) is 21.6 Å². The van der Waals surface area contributed by atoms with E-state index < -0.39 is 0 Å². The lowest BCUT2D eigenvalue weighted by Gasteiger charge is -2.34. The molecule has 1 saturated carbocycles. The average Bonchev–Trinajstić information content (AvgIpc) is 3.28. The Morgan fingerprint density at radius 3 is 2.93 bits per heavy atom. The monoisotopic (exact) mass is 382 g/mol. The molecule has 1 unspecified atom stereocenters. The van der Waals surface area contributed by atoms with E-state index in [1.165, 1.54) is 31.2 Å². The lowest BCUT2D eigenvalue weighted by atomic mass is 10.0. The molecule has 2 aromatic rings. The lowest BCUT2D eigenvalue weighted by molar-refractivity contribution is -0.142. The summed E-state index contributed by atoms with van der Waals surface area (Å²) in [5.74, 6) is 2.66. The Kier molecular flexibility index (Phi) is 4.41. The number of anilines is 3. The van der Waals surface area contributed by atoms with Crippen molar-refractivity contribution in [2.24, 2.45) is 0 Å². The molecule has 0 amide bonds. The Bertz CT molecular complexity index is 891. The van der Waals surface area contributed by atoms with Gasteiger partial charge in [0.1, 0.15) is 11.9 Å². The number of carbonyl (C=O) groups is 1. The van der Waals surface area contributed by atoms with Gasteiger partial charge in [-0.1, -0.05) is 0 Å². The smallest absolute Gasteiger partial charge is 0.328 e. The maximum atomic E-state index is 12.3. The summed E-state index contributed by atoms with van der Waals surface area (Å²) in [6.07, 6.45) is 8.29. The van der Waals surface area contributed by atoms with Gasteiger partial charge in [0.25, 0.3) is 0 Å². The lowest BCUT2D eigenvalue weighted by Crippen LogP contribution is -2.46. The topological polar surface area (TPSA) is 96.0 Å². The maximum absolute atomic E-state index is 12.3. The fourth-order valence-corrected chi connectivity index (χ4v) is 4.33. The molecular weight excluding hydrogens is 356 g/mol. The molecule has 1 saturated heterocycles. The molecule has 3 aliphatic rings. The third kappa shape index (κ3) is 3.21. The number of nitrogens with one attached hydrogen (secondary N) is 2. The minimum atomic E-state index is -0.307. The number of fused-ring (bicyclic) bond motifs is 1. The molecule has 0 aromatic carbocycles. The van der Waals surface area contributed by atoms with Gasteiger partial charge in [-0.15, -0.1) is 0 Å². The predicted octanol–water partition coefficient (Wildman–Crippen LogP) is 2.84. The first kappa shape index (κ1) is 17.5. The average molecular weight is 382 g/mol. The molecule has 2 N–H and O–H groups in total. The van der Waals surface area contributed by atoms with E-state index in [1.54, 1.807) is 0 Å². The van der Waals surface area contributed by atoms with Gasteiger partial charge in [0.15, 0.2) is 5.82 Å². The Morgan fingerprint density at radius 1 is 1.21 bits per heavy atom. The summed E-state index contributed by atoms with van der Waals surface area (Å²) in [5.41, 5.74) is 3.45. The number of carbonyl (C=O) groups excluding carboxylic acids is 1. The number of nitrogens with zero attached hydrogens (tertiary/aromatic N) is 4. The van der Waals surface area contributed by atoms with Crippen LogP contribution in [-0.2, 0) is 22.4 Å². The van der Waals surface area contributed by atoms with Crippen molar-refractivity contribution < 1.29 is 9.53 Å². The van der Waals surface area contributed by atoms with E-state index >= 15 is 0 Å². The normalized spacial score (nSPS) is 21.5. The van der Waals surface area contributed by atoms with Gasteiger partial charge in [-0.25, -0.2) is 9.78 Å². The zero-order valence-corrected chi connectivity index (χ0v) is 16.2. The highest BCUT2D eigenvalue weighted by molar-refractivity contribution is 5.79. The van der Waals surface area contributed by atoms with Crippen molar-refractivity contribution in [3.05, 3.63) is 23.0 Å². The van der Waals surface area contributed by atoms with Crippen LogP contribution in [0.2, 0.25) is 0 Å². The van der Waals surface area contributed by atoms with Crippen LogP contribution in [0.3, 0.4) is 0 Å². The Hall–Kier alpha value is -2.64. The molecule has 0 bridgehead atoms. The van der Waals surface area contributed by atoms with Crippen LogP contribution in [0.25, 0.3) is 0 Å². The van der Waals surface area contributed by atoms with Gasteiger partial charge in [-0.2, -0.15) is 10.1 Å². The fraction of sp³-hybridized carbons (Fsp3) is 0.600. The number of aryl methyl sites for hydroxylation is 1. The maximum Gasteiger partial charge on any atom is 0.328 e. The van der Waals surface area contributed by atoms with Crippen LogP contribution in [0.4, 0.5) is 17.6 Å². The SMILES string of the molecule is COC(=O)C1CCCCN1c1nc2c(c(Nc3cc(C4CC4)[nH]n3)n1)CCC2. The standard InChI is InChI=1S/C20H26N6O2/c1-28-19(27)16-7-2-3-10-26(16)20-21-14-6-4-5-13(14)18(23-20)22-17-11-15(24-25-17)12-8-9-12/h11-12,16H,2-10H2,1H3,(H2,21,22,23,24,25). The minimum absolute atomic E-state index is 0.209. The zero-order valence-electron chi connectivity index (χ0n) is 16.2. The molecule has 3 heterocycles. The van der Waals surface area contributed by atoms with Gasteiger partial charge < -0.3 is 15.0 Å². The molecule has 0 spiro atoms. The largest absolute Gasteiger partial charge is 0.467 e. The summed E-state index contributed by atoms with van der Waals surface area (Å²) < 4.78 is 5.03. The first-order valence-electron chi connectivity index (χ1n) is 10.3. The molecule has 0 radical (unpaired) electrons. The third-order valence-corrected chi connectivity index (χ3v) is 6.02. The second-order valence-corrected chi connectivity index (χ2v) is 7.99. The molecule has 148 valence electrons. The van der Waals surface area contributed by atoms with Gasteiger partial charge in [0.2, 0.25) is 5.95 Å². The number of hydrogen-bond donors (Lipinski definition) is 2.